The van der Waals surface area contributed by atoms with E-state index in [1.807, 2.05) is 31.2 Å². The Morgan fingerprint density at radius 1 is 1.11 bits per heavy atom. The van der Waals surface area contributed by atoms with Crippen LogP contribution >= 0.6 is 0 Å². The van der Waals surface area contributed by atoms with Crippen molar-refractivity contribution in [3.63, 3.8) is 0 Å². The van der Waals surface area contributed by atoms with Crippen LogP contribution in [0.4, 0.5) is 5.69 Å². The summed E-state index contributed by atoms with van der Waals surface area (Å²) >= 11 is 0. The molecule has 0 aliphatic heterocycles. The van der Waals surface area contributed by atoms with E-state index >= 15 is 0 Å². The summed E-state index contributed by atoms with van der Waals surface area (Å²) < 4.78 is 37.5. The molecule has 0 unspecified atom stereocenters. The zero-order chi connectivity index (χ0) is 19.9. The molecular weight excluding hydrogens is 368 g/mol. The highest BCUT2D eigenvalue weighted by Crippen LogP contribution is 2.25. The molecule has 2 aromatic carbocycles. The smallest absolute Gasteiger partial charge is 0.255 e. The van der Waals surface area contributed by atoms with Gasteiger partial charge in [-0.25, -0.2) is 13.1 Å². The first-order valence-corrected chi connectivity index (χ1v) is 9.97. The van der Waals surface area contributed by atoms with Gasteiger partial charge < -0.3 is 14.8 Å². The number of carbonyl (C=O) groups excluding carboxylic acids is 1. The van der Waals surface area contributed by atoms with E-state index in [1.54, 1.807) is 0 Å². The summed E-state index contributed by atoms with van der Waals surface area (Å²) in [5.74, 6) is -0.239. The second kappa shape index (κ2) is 9.50. The summed E-state index contributed by atoms with van der Waals surface area (Å²) in [5, 5.41) is 2.83. The number of sulfonamides is 1. The number of methoxy groups -OCH3 is 2. The lowest BCUT2D eigenvalue weighted by Gasteiger charge is -2.13. The van der Waals surface area contributed by atoms with Crippen molar-refractivity contribution in [1.82, 2.24) is 4.72 Å². The molecule has 0 heterocycles. The van der Waals surface area contributed by atoms with Gasteiger partial charge in [0.1, 0.15) is 10.6 Å². The van der Waals surface area contributed by atoms with Crippen LogP contribution in [0, 0.1) is 0 Å². The highest BCUT2D eigenvalue weighted by atomic mass is 32.2. The molecule has 0 fully saturated rings. The van der Waals surface area contributed by atoms with Crippen LogP contribution in [-0.2, 0) is 21.2 Å². The van der Waals surface area contributed by atoms with Crippen LogP contribution in [0.15, 0.2) is 47.4 Å². The quantitative estimate of drug-likeness (QED) is 0.639. The van der Waals surface area contributed by atoms with Gasteiger partial charge in [-0.2, -0.15) is 0 Å². The lowest BCUT2D eigenvalue weighted by atomic mass is 10.1. The Labute approximate surface area is 159 Å². The second-order valence-electron chi connectivity index (χ2n) is 5.72. The summed E-state index contributed by atoms with van der Waals surface area (Å²) in [4.78, 5) is 12.5. The molecule has 0 bridgehead atoms. The number of carbonyl (C=O) groups is 1. The van der Waals surface area contributed by atoms with E-state index in [0.717, 1.165) is 12.0 Å². The Hall–Kier alpha value is -2.42. The standard InChI is InChI=1S/C19H24N2O5S/c1-4-14-7-5-6-8-16(14)21-19(22)15-9-10-17(26-3)18(13-15)27(23,24)20-11-12-25-2/h5-10,13,20H,4,11-12H2,1-3H3,(H,21,22). The minimum absolute atomic E-state index is 0.0995. The van der Waals surface area contributed by atoms with Gasteiger partial charge >= 0.3 is 0 Å². The topological polar surface area (TPSA) is 93.7 Å². The summed E-state index contributed by atoms with van der Waals surface area (Å²) in [6, 6.07) is 11.8. The van der Waals surface area contributed by atoms with Crippen molar-refractivity contribution in [3.05, 3.63) is 53.6 Å². The third-order valence-corrected chi connectivity index (χ3v) is 5.44. The maximum absolute atomic E-state index is 12.6. The van der Waals surface area contributed by atoms with Crippen LogP contribution in [0.2, 0.25) is 0 Å². The fraction of sp³-hybridized carbons (Fsp3) is 0.316. The van der Waals surface area contributed by atoms with Crippen molar-refractivity contribution in [3.8, 4) is 5.75 Å². The fourth-order valence-corrected chi connectivity index (χ4v) is 3.73. The van der Waals surface area contributed by atoms with Gasteiger partial charge in [0.15, 0.2) is 0 Å². The molecule has 0 aromatic heterocycles. The number of para-hydroxylation sites is 1. The largest absolute Gasteiger partial charge is 0.495 e. The minimum atomic E-state index is -3.85. The molecule has 0 aliphatic rings. The number of ether oxygens (including phenoxy) is 2. The van der Waals surface area contributed by atoms with E-state index in [-0.39, 0.29) is 29.4 Å². The van der Waals surface area contributed by atoms with E-state index in [9.17, 15) is 13.2 Å². The molecule has 0 atom stereocenters. The first-order chi connectivity index (χ1) is 12.9. The van der Waals surface area contributed by atoms with Gasteiger partial charge in [0, 0.05) is 24.9 Å². The number of nitrogens with one attached hydrogen (secondary N) is 2. The molecule has 0 saturated heterocycles. The van der Waals surface area contributed by atoms with Crippen molar-refractivity contribution >= 4 is 21.6 Å². The maximum Gasteiger partial charge on any atom is 0.255 e. The molecule has 27 heavy (non-hydrogen) atoms. The molecule has 2 rings (SSSR count). The zero-order valence-electron chi connectivity index (χ0n) is 15.6. The summed E-state index contributed by atoms with van der Waals surface area (Å²) in [5.41, 5.74) is 1.91. The number of anilines is 1. The summed E-state index contributed by atoms with van der Waals surface area (Å²) in [6.45, 7) is 2.34. The number of amides is 1. The van der Waals surface area contributed by atoms with Gasteiger partial charge in [0.25, 0.3) is 5.91 Å². The maximum atomic E-state index is 12.6. The van der Waals surface area contributed by atoms with E-state index < -0.39 is 15.9 Å². The van der Waals surface area contributed by atoms with Gasteiger partial charge in [-0.15, -0.1) is 0 Å². The molecule has 2 N–H and O–H groups in total. The van der Waals surface area contributed by atoms with Gasteiger partial charge in [-0.1, -0.05) is 25.1 Å². The van der Waals surface area contributed by atoms with Crippen LogP contribution < -0.4 is 14.8 Å². The predicted octanol–water partition coefficient (Wildman–Crippen LogP) is 2.43. The number of aryl methyl sites for hydroxylation is 1. The van der Waals surface area contributed by atoms with E-state index in [2.05, 4.69) is 10.0 Å². The Bertz CT molecular complexity index is 897. The molecule has 0 aliphatic carbocycles. The average Bonchev–Trinajstić information content (AvgIpc) is 2.68. The number of hydrogen-bond acceptors (Lipinski definition) is 5. The highest BCUT2D eigenvalue weighted by molar-refractivity contribution is 7.89. The van der Waals surface area contributed by atoms with Crippen molar-refractivity contribution in [2.75, 3.05) is 32.7 Å². The van der Waals surface area contributed by atoms with Gasteiger partial charge in [0.05, 0.1) is 13.7 Å². The number of rotatable bonds is 9. The van der Waals surface area contributed by atoms with Crippen LogP contribution in [0.5, 0.6) is 5.75 Å². The van der Waals surface area contributed by atoms with Crippen molar-refractivity contribution in [2.45, 2.75) is 18.2 Å². The Morgan fingerprint density at radius 2 is 1.85 bits per heavy atom. The van der Waals surface area contributed by atoms with Crippen LogP contribution in [-0.4, -0.2) is 41.7 Å². The second-order valence-corrected chi connectivity index (χ2v) is 7.46. The van der Waals surface area contributed by atoms with Gasteiger partial charge in [-0.05, 0) is 36.2 Å². The van der Waals surface area contributed by atoms with E-state index in [4.69, 9.17) is 9.47 Å². The molecule has 1 amide bonds. The molecule has 146 valence electrons. The summed E-state index contributed by atoms with van der Waals surface area (Å²) in [7, 11) is -0.996. The van der Waals surface area contributed by atoms with Crippen LogP contribution in [0.1, 0.15) is 22.8 Å². The lowest BCUT2D eigenvalue weighted by Crippen LogP contribution is -2.28. The van der Waals surface area contributed by atoms with E-state index in [0.29, 0.717) is 5.69 Å². The van der Waals surface area contributed by atoms with Crippen LogP contribution in [0.25, 0.3) is 0 Å². The third-order valence-electron chi connectivity index (χ3n) is 3.96. The molecule has 0 radical (unpaired) electrons. The molecule has 2 aromatic rings. The highest BCUT2D eigenvalue weighted by Gasteiger charge is 2.21. The normalized spacial score (nSPS) is 11.2. The monoisotopic (exact) mass is 392 g/mol. The van der Waals surface area contributed by atoms with Gasteiger partial charge in [0.2, 0.25) is 10.0 Å². The number of hydrogen-bond donors (Lipinski definition) is 2. The minimum Gasteiger partial charge on any atom is -0.495 e. The Morgan fingerprint density at radius 3 is 2.52 bits per heavy atom. The van der Waals surface area contributed by atoms with Crippen molar-refractivity contribution in [1.29, 1.82) is 0 Å². The lowest BCUT2D eigenvalue weighted by molar-refractivity contribution is 0.102. The third kappa shape index (κ3) is 5.29. The molecule has 8 heteroatoms. The predicted molar refractivity (Wildman–Crippen MR) is 104 cm³/mol. The summed E-state index contributed by atoms with van der Waals surface area (Å²) in [6.07, 6.45) is 0.766. The molecule has 0 spiro atoms. The average molecular weight is 392 g/mol. The Balaban J connectivity index is 2.31. The van der Waals surface area contributed by atoms with Crippen molar-refractivity contribution in [2.24, 2.45) is 0 Å². The van der Waals surface area contributed by atoms with Crippen LogP contribution in [0.3, 0.4) is 0 Å². The first-order valence-electron chi connectivity index (χ1n) is 8.48. The zero-order valence-corrected chi connectivity index (χ0v) is 16.4. The van der Waals surface area contributed by atoms with Crippen molar-refractivity contribution < 1.29 is 22.7 Å². The Kier molecular flexibility index (Phi) is 7.35. The molecular formula is C19H24N2O5S. The van der Waals surface area contributed by atoms with Gasteiger partial charge in [-0.3, -0.25) is 4.79 Å². The molecule has 0 saturated carbocycles. The SMILES string of the molecule is CCc1ccccc1NC(=O)c1ccc(OC)c(S(=O)(=O)NCCOC)c1. The van der Waals surface area contributed by atoms with E-state index in [1.165, 1.54) is 32.4 Å². The number of benzene rings is 2. The molecule has 7 nitrogen and oxygen atoms in total. The first kappa shape index (κ1) is 20.9. The fourth-order valence-electron chi connectivity index (χ4n) is 2.53.